The van der Waals surface area contributed by atoms with Crippen molar-refractivity contribution in [2.24, 2.45) is 7.05 Å². The Morgan fingerprint density at radius 2 is 1.79 bits per heavy atom. The average molecular weight is 378 g/mol. The van der Waals surface area contributed by atoms with E-state index in [9.17, 15) is 22.8 Å². The highest BCUT2D eigenvalue weighted by atomic mass is 35.5. The van der Waals surface area contributed by atoms with Crippen molar-refractivity contribution < 1.29 is 13.2 Å². The zero-order valence-electron chi connectivity index (χ0n) is 12.2. The molecule has 0 unspecified atom stereocenters. The van der Waals surface area contributed by atoms with Crippen LogP contribution in [0.25, 0.3) is 5.69 Å². The molecule has 10 heteroatoms. The number of aryl methyl sites for hydroxylation is 1. The number of benzene rings is 1. The summed E-state index contributed by atoms with van der Waals surface area (Å²) < 4.78 is 39.6. The maximum atomic E-state index is 13.0. The fourth-order valence-corrected chi connectivity index (χ4v) is 2.73. The minimum absolute atomic E-state index is 0.146. The van der Waals surface area contributed by atoms with E-state index in [4.69, 9.17) is 28.5 Å². The molecule has 126 valence electrons. The van der Waals surface area contributed by atoms with E-state index in [2.05, 4.69) is 0 Å². The summed E-state index contributed by atoms with van der Waals surface area (Å²) in [7, 11) is 0.845. The van der Waals surface area contributed by atoms with Crippen molar-refractivity contribution in [3.63, 3.8) is 0 Å². The third-order valence-electron chi connectivity index (χ3n) is 3.34. The fourth-order valence-electron chi connectivity index (χ4n) is 2.16. The van der Waals surface area contributed by atoms with Crippen molar-refractivity contribution in [2.75, 3.05) is 0 Å². The van der Waals surface area contributed by atoms with Gasteiger partial charge in [-0.25, -0.2) is 9.36 Å². The number of hydrogen-bond donors (Lipinski definition) is 0. The molecule has 2 aromatic rings. The summed E-state index contributed by atoms with van der Waals surface area (Å²) in [6.45, 7) is 1.53. The third kappa shape index (κ3) is 2.81. The molecule has 0 aliphatic carbocycles. The van der Waals surface area contributed by atoms with E-state index < -0.39 is 28.1 Å². The molecule has 0 N–H and O–H groups in total. The zero-order chi connectivity index (χ0) is 18.4. The Balaban J connectivity index is 2.95. The molecule has 2 rings (SSSR count). The van der Waals surface area contributed by atoms with Crippen LogP contribution in [0.3, 0.4) is 0 Å². The molecule has 24 heavy (non-hydrogen) atoms. The number of nitriles is 1. The van der Waals surface area contributed by atoms with Crippen LogP contribution < -0.4 is 11.2 Å². The number of halogens is 5. The van der Waals surface area contributed by atoms with E-state index >= 15 is 0 Å². The summed E-state index contributed by atoms with van der Waals surface area (Å²) >= 11 is 11.5. The monoisotopic (exact) mass is 377 g/mol. The lowest BCUT2D eigenvalue weighted by Gasteiger charge is -2.16. The molecule has 0 aliphatic rings. The molecule has 1 aromatic carbocycles. The molecule has 1 heterocycles. The van der Waals surface area contributed by atoms with Gasteiger partial charge in [0.1, 0.15) is 5.02 Å². The molecule has 0 fully saturated rings. The molecular weight excluding hydrogens is 370 g/mol. The van der Waals surface area contributed by atoms with Crippen LogP contribution in [-0.2, 0) is 13.2 Å². The normalized spacial score (nSPS) is 11.4. The number of nitrogens with zero attached hydrogens (tertiary/aromatic N) is 3. The van der Waals surface area contributed by atoms with Crippen LogP contribution >= 0.6 is 23.2 Å². The first kappa shape index (κ1) is 18.1. The molecule has 5 nitrogen and oxygen atoms in total. The van der Waals surface area contributed by atoms with Crippen molar-refractivity contribution in [3.8, 4) is 11.8 Å². The molecule has 1 aromatic heterocycles. The Bertz CT molecular complexity index is 964. The topological polar surface area (TPSA) is 67.8 Å². The van der Waals surface area contributed by atoms with Crippen LogP contribution in [0.2, 0.25) is 10.0 Å². The summed E-state index contributed by atoms with van der Waals surface area (Å²) in [4.78, 5) is 24.5. The highest BCUT2D eigenvalue weighted by molar-refractivity contribution is 6.32. The van der Waals surface area contributed by atoms with E-state index in [0.29, 0.717) is 10.1 Å². The number of aromatic nitrogens is 2. The van der Waals surface area contributed by atoms with Crippen LogP contribution in [0.5, 0.6) is 0 Å². The molecular formula is C14H8Cl2F3N3O2. The molecule has 0 bridgehead atoms. The van der Waals surface area contributed by atoms with Crippen molar-refractivity contribution in [2.45, 2.75) is 13.1 Å². The van der Waals surface area contributed by atoms with Crippen molar-refractivity contribution in [1.82, 2.24) is 9.13 Å². The van der Waals surface area contributed by atoms with Gasteiger partial charge < -0.3 is 0 Å². The van der Waals surface area contributed by atoms with E-state index in [-0.39, 0.29) is 20.8 Å². The molecule has 0 atom stereocenters. The Kier molecular flexibility index (Phi) is 4.52. The second-order valence-corrected chi connectivity index (χ2v) is 5.66. The first-order valence-corrected chi connectivity index (χ1v) is 7.05. The van der Waals surface area contributed by atoms with Crippen LogP contribution in [0.4, 0.5) is 13.2 Å². The quantitative estimate of drug-likeness (QED) is 0.766. The SMILES string of the molecule is Cc1cc(-n2c(=O)c(Cl)c(C(F)(F)F)n(C)c2=O)c(Cl)cc1C#N. The molecule has 0 radical (unpaired) electrons. The van der Waals surface area contributed by atoms with Crippen LogP contribution in [0.15, 0.2) is 21.7 Å². The van der Waals surface area contributed by atoms with Gasteiger partial charge in [0.15, 0.2) is 5.69 Å². The molecule has 0 spiro atoms. The lowest BCUT2D eigenvalue weighted by Crippen LogP contribution is -2.42. The smallest absolute Gasteiger partial charge is 0.291 e. The summed E-state index contributed by atoms with van der Waals surface area (Å²) in [5, 5.41) is 7.64. The Morgan fingerprint density at radius 3 is 2.29 bits per heavy atom. The summed E-state index contributed by atoms with van der Waals surface area (Å²) in [6.07, 6.45) is -4.98. The van der Waals surface area contributed by atoms with Gasteiger partial charge in [-0.3, -0.25) is 9.36 Å². The van der Waals surface area contributed by atoms with Crippen LogP contribution in [0, 0.1) is 18.3 Å². The average Bonchev–Trinajstić information content (AvgIpc) is 2.47. The highest BCUT2D eigenvalue weighted by Crippen LogP contribution is 2.32. The largest absolute Gasteiger partial charge is 0.433 e. The van der Waals surface area contributed by atoms with Gasteiger partial charge in [0.25, 0.3) is 5.56 Å². The highest BCUT2D eigenvalue weighted by Gasteiger charge is 2.39. The minimum atomic E-state index is -4.98. The maximum Gasteiger partial charge on any atom is 0.433 e. The summed E-state index contributed by atoms with van der Waals surface area (Å²) in [5.41, 5.74) is -3.72. The van der Waals surface area contributed by atoms with Gasteiger partial charge in [-0.1, -0.05) is 23.2 Å². The van der Waals surface area contributed by atoms with E-state index in [1.165, 1.54) is 19.1 Å². The van der Waals surface area contributed by atoms with Gasteiger partial charge >= 0.3 is 11.9 Å². The Morgan fingerprint density at radius 1 is 1.21 bits per heavy atom. The second-order valence-electron chi connectivity index (χ2n) is 4.87. The van der Waals surface area contributed by atoms with Crippen molar-refractivity contribution in [3.05, 3.63) is 59.8 Å². The van der Waals surface area contributed by atoms with Gasteiger partial charge in [-0.15, -0.1) is 0 Å². The van der Waals surface area contributed by atoms with Gasteiger partial charge in [0, 0.05) is 7.05 Å². The maximum absolute atomic E-state index is 13.0. The second kappa shape index (κ2) is 6.00. The fraction of sp³-hybridized carbons (Fsp3) is 0.214. The van der Waals surface area contributed by atoms with Gasteiger partial charge in [0.2, 0.25) is 0 Å². The zero-order valence-corrected chi connectivity index (χ0v) is 13.7. The summed E-state index contributed by atoms with van der Waals surface area (Å²) in [6, 6.07) is 4.33. The molecule has 0 amide bonds. The van der Waals surface area contributed by atoms with Gasteiger partial charge in [-0.2, -0.15) is 18.4 Å². The number of rotatable bonds is 1. The Hall–Kier alpha value is -2.24. The third-order valence-corrected chi connectivity index (χ3v) is 3.98. The molecule has 0 saturated heterocycles. The number of alkyl halides is 3. The van der Waals surface area contributed by atoms with Crippen LogP contribution in [0.1, 0.15) is 16.8 Å². The molecule has 0 saturated carbocycles. The standard InChI is InChI=1S/C14H8Cl2F3N3O2/c1-6-3-9(8(15)4-7(6)5-20)22-12(23)10(16)11(14(17,18)19)21(2)13(22)24/h3-4H,1-2H3. The van der Waals surface area contributed by atoms with E-state index in [1.807, 2.05) is 6.07 Å². The number of hydrogen-bond acceptors (Lipinski definition) is 3. The van der Waals surface area contributed by atoms with Crippen molar-refractivity contribution in [1.29, 1.82) is 5.26 Å². The predicted molar refractivity (Wildman–Crippen MR) is 81.8 cm³/mol. The van der Waals surface area contributed by atoms with Gasteiger partial charge in [-0.05, 0) is 24.6 Å². The lowest BCUT2D eigenvalue weighted by atomic mass is 10.1. The first-order chi connectivity index (χ1) is 11.0. The van der Waals surface area contributed by atoms with Crippen molar-refractivity contribution >= 4 is 23.2 Å². The van der Waals surface area contributed by atoms with Crippen LogP contribution in [-0.4, -0.2) is 9.13 Å². The van der Waals surface area contributed by atoms with E-state index in [1.54, 1.807) is 0 Å². The molecule has 0 aliphatic heterocycles. The summed E-state index contributed by atoms with van der Waals surface area (Å²) in [5.74, 6) is 0. The Labute approximate surface area is 143 Å². The lowest BCUT2D eigenvalue weighted by molar-refractivity contribution is -0.143. The van der Waals surface area contributed by atoms with E-state index in [0.717, 1.165) is 7.05 Å². The minimum Gasteiger partial charge on any atom is -0.291 e. The first-order valence-electron chi connectivity index (χ1n) is 6.30. The van der Waals surface area contributed by atoms with Gasteiger partial charge in [0.05, 0.1) is 22.3 Å². The predicted octanol–water partition coefficient (Wildman–Crippen LogP) is 3.04.